The Labute approximate surface area is 161 Å². The maximum Gasteiger partial charge on any atom is 0.117 e. The summed E-state index contributed by atoms with van der Waals surface area (Å²) in [6.45, 7) is 9.12. The molecule has 0 spiro atoms. The number of benzene rings is 2. The van der Waals surface area contributed by atoms with Crippen molar-refractivity contribution in [1.82, 2.24) is 0 Å². The van der Waals surface area contributed by atoms with Crippen LogP contribution >= 0.6 is 0 Å². The Kier molecular flexibility index (Phi) is 6.32. The molecule has 1 aliphatic carbocycles. The minimum Gasteiger partial charge on any atom is -0.0748 e. The van der Waals surface area contributed by atoms with Gasteiger partial charge in [0.2, 0.25) is 0 Å². The second-order valence-corrected chi connectivity index (χ2v) is 8.88. The monoisotopic (exact) mass is 358 g/mol. The van der Waals surface area contributed by atoms with Crippen LogP contribution in [0.4, 0.5) is 0 Å². The van der Waals surface area contributed by atoms with Crippen LogP contribution in [0.3, 0.4) is 0 Å². The third-order valence-corrected chi connectivity index (χ3v) is 7.33. The minimum atomic E-state index is 0.583. The van der Waals surface area contributed by atoms with Gasteiger partial charge in [0.15, 0.2) is 0 Å². The quantitative estimate of drug-likeness (QED) is 0.547. The van der Waals surface area contributed by atoms with E-state index in [0.717, 1.165) is 15.9 Å². The van der Waals surface area contributed by atoms with Crippen molar-refractivity contribution >= 4 is 14.7 Å². The number of hydrogen-bond acceptors (Lipinski definition) is 0. The third kappa shape index (κ3) is 4.45. The summed E-state index contributed by atoms with van der Waals surface area (Å²) in [5.74, 6) is 0.583. The lowest BCUT2D eigenvalue weighted by atomic mass is 10.0. The largest absolute Gasteiger partial charge is 0.117 e. The average Bonchev–Trinajstić information content (AvgIpc) is 2.89. The Balaban J connectivity index is 1.76. The molecule has 0 aliphatic heterocycles. The molecule has 2 aromatic carbocycles. The van der Waals surface area contributed by atoms with Crippen LogP contribution in [-0.4, -0.2) is 9.52 Å². The fourth-order valence-corrected chi connectivity index (χ4v) is 5.21. The first-order valence-corrected chi connectivity index (χ1v) is 10.9. The third-order valence-electron chi connectivity index (χ3n) is 5.47. The molecular formula is C25H30Si. The van der Waals surface area contributed by atoms with Gasteiger partial charge in [-0.2, -0.15) is 0 Å². The molecule has 0 saturated carbocycles. The molecule has 1 unspecified atom stereocenters. The summed E-state index contributed by atoms with van der Waals surface area (Å²) in [4.78, 5) is 0. The van der Waals surface area contributed by atoms with Crippen molar-refractivity contribution in [3.63, 3.8) is 0 Å². The van der Waals surface area contributed by atoms with Crippen molar-refractivity contribution in [3.05, 3.63) is 87.6 Å². The number of hydrogen-bond donors (Lipinski definition) is 0. The second kappa shape index (κ2) is 8.68. The van der Waals surface area contributed by atoms with Gasteiger partial charge in [-0.1, -0.05) is 96.4 Å². The Morgan fingerprint density at radius 1 is 0.923 bits per heavy atom. The van der Waals surface area contributed by atoms with E-state index in [2.05, 4.69) is 82.3 Å². The van der Waals surface area contributed by atoms with Gasteiger partial charge in [-0.25, -0.2) is 0 Å². The van der Waals surface area contributed by atoms with E-state index < -0.39 is 0 Å². The van der Waals surface area contributed by atoms with Gasteiger partial charge in [0.1, 0.15) is 9.52 Å². The molecule has 0 nitrogen and oxygen atoms in total. The highest BCUT2D eigenvalue weighted by atomic mass is 28.2. The summed E-state index contributed by atoms with van der Waals surface area (Å²) in [6, 6.07) is 18.3. The number of aryl methyl sites for hydroxylation is 1. The predicted octanol–water partition coefficient (Wildman–Crippen LogP) is 5.82. The van der Waals surface area contributed by atoms with Crippen LogP contribution in [0.15, 0.2) is 70.9 Å². The Morgan fingerprint density at radius 2 is 1.62 bits per heavy atom. The van der Waals surface area contributed by atoms with Crippen molar-refractivity contribution in [3.8, 4) is 0 Å². The molecule has 0 aromatic heterocycles. The van der Waals surface area contributed by atoms with Crippen LogP contribution in [-0.2, 0) is 12.8 Å². The van der Waals surface area contributed by atoms with Crippen LogP contribution in [0.25, 0.3) is 0 Å². The van der Waals surface area contributed by atoms with Gasteiger partial charge in [-0.05, 0) is 55.7 Å². The second-order valence-electron chi connectivity index (χ2n) is 7.56. The van der Waals surface area contributed by atoms with Crippen molar-refractivity contribution in [2.45, 2.75) is 53.4 Å². The summed E-state index contributed by atoms with van der Waals surface area (Å²) >= 11 is 0. The fraction of sp³-hybridized carbons (Fsp3) is 0.360. The topological polar surface area (TPSA) is 0 Å². The van der Waals surface area contributed by atoms with E-state index in [1.54, 1.807) is 5.20 Å². The average molecular weight is 359 g/mol. The van der Waals surface area contributed by atoms with Gasteiger partial charge >= 0.3 is 0 Å². The summed E-state index contributed by atoms with van der Waals surface area (Å²) in [5.41, 5.74) is 7.32. The molecule has 26 heavy (non-hydrogen) atoms. The fourth-order valence-electron chi connectivity index (χ4n) is 3.71. The van der Waals surface area contributed by atoms with Gasteiger partial charge in [-0.3, -0.25) is 0 Å². The van der Waals surface area contributed by atoms with E-state index in [1.807, 2.05) is 0 Å². The molecule has 0 N–H and O–H groups in total. The maximum absolute atomic E-state index is 2.41. The summed E-state index contributed by atoms with van der Waals surface area (Å²) < 4.78 is 0. The number of allylic oxidation sites excluding steroid dienone is 4. The lowest BCUT2D eigenvalue weighted by Gasteiger charge is -2.14. The van der Waals surface area contributed by atoms with E-state index >= 15 is 0 Å². The molecule has 2 radical (unpaired) electrons. The molecule has 134 valence electrons. The highest BCUT2D eigenvalue weighted by Gasteiger charge is 2.19. The standard InChI is InChI=1S/C25H30Si/c1-5-6-9-21-12-14-22(15-13-21)17-23-10-7-8-11-24(23)26-25-19(3)16-18(2)20(25)4/h7-8,10-16,19H,5-6,9,17H2,1-4H3. The minimum absolute atomic E-state index is 0.583. The molecule has 0 heterocycles. The molecule has 2 aromatic rings. The highest BCUT2D eigenvalue weighted by Crippen LogP contribution is 2.29. The van der Waals surface area contributed by atoms with Gasteiger partial charge in [0.25, 0.3) is 0 Å². The molecule has 1 heteroatoms. The van der Waals surface area contributed by atoms with E-state index in [4.69, 9.17) is 0 Å². The van der Waals surface area contributed by atoms with E-state index in [9.17, 15) is 0 Å². The predicted molar refractivity (Wildman–Crippen MR) is 115 cm³/mol. The maximum atomic E-state index is 2.41. The number of rotatable bonds is 7. The Hall–Kier alpha value is -1.86. The van der Waals surface area contributed by atoms with Crippen molar-refractivity contribution in [2.75, 3.05) is 0 Å². The molecule has 1 aliphatic rings. The Morgan fingerprint density at radius 3 is 2.27 bits per heavy atom. The van der Waals surface area contributed by atoms with Crippen molar-refractivity contribution in [1.29, 1.82) is 0 Å². The summed E-state index contributed by atoms with van der Waals surface area (Å²) in [7, 11) is 0.780. The SMILES string of the molecule is CCCCc1ccc(Cc2ccccc2[Si]C2=C(C)C(C)=CC2C)cc1. The smallest absolute Gasteiger partial charge is 0.0748 e. The first-order valence-electron chi connectivity index (χ1n) is 9.90. The summed E-state index contributed by atoms with van der Waals surface area (Å²) in [5, 5.41) is 3.12. The van der Waals surface area contributed by atoms with Crippen molar-refractivity contribution in [2.24, 2.45) is 5.92 Å². The lowest BCUT2D eigenvalue weighted by Crippen LogP contribution is -2.23. The molecule has 0 bridgehead atoms. The Bertz CT molecular complexity index is 808. The molecule has 0 amide bonds. The van der Waals surface area contributed by atoms with Gasteiger partial charge < -0.3 is 0 Å². The van der Waals surface area contributed by atoms with E-state index in [1.165, 1.54) is 52.3 Å². The molecule has 0 fully saturated rings. The van der Waals surface area contributed by atoms with Crippen LogP contribution < -0.4 is 5.19 Å². The zero-order chi connectivity index (χ0) is 18.5. The van der Waals surface area contributed by atoms with Crippen LogP contribution in [0.2, 0.25) is 0 Å². The van der Waals surface area contributed by atoms with Crippen molar-refractivity contribution < 1.29 is 0 Å². The van der Waals surface area contributed by atoms with Gasteiger partial charge in [0.05, 0.1) is 0 Å². The molecule has 1 atom stereocenters. The zero-order valence-corrected chi connectivity index (χ0v) is 17.6. The van der Waals surface area contributed by atoms with Crippen LogP contribution in [0, 0.1) is 5.92 Å². The molecule has 3 rings (SSSR count). The molecule has 0 saturated heterocycles. The number of unbranched alkanes of at least 4 members (excludes halogenated alkanes) is 1. The lowest BCUT2D eigenvalue weighted by molar-refractivity contribution is 0.795. The first kappa shape index (κ1) is 18.9. The normalized spacial score (nSPS) is 16.9. The van der Waals surface area contributed by atoms with E-state index in [0.29, 0.717) is 5.92 Å². The van der Waals surface area contributed by atoms with Gasteiger partial charge in [0, 0.05) is 0 Å². The molecular weight excluding hydrogens is 328 g/mol. The van der Waals surface area contributed by atoms with Gasteiger partial charge in [-0.15, -0.1) is 0 Å². The van der Waals surface area contributed by atoms with Crippen LogP contribution in [0.5, 0.6) is 0 Å². The highest BCUT2D eigenvalue weighted by molar-refractivity contribution is 6.62. The first-order chi connectivity index (χ1) is 12.6. The summed E-state index contributed by atoms with van der Waals surface area (Å²) in [6.07, 6.45) is 7.19. The zero-order valence-electron chi connectivity index (χ0n) is 16.6. The van der Waals surface area contributed by atoms with E-state index in [-0.39, 0.29) is 0 Å². The van der Waals surface area contributed by atoms with Crippen LogP contribution in [0.1, 0.15) is 57.2 Å².